The van der Waals surface area contributed by atoms with E-state index < -0.39 is 8.07 Å². The molecule has 3 heteroatoms. The van der Waals surface area contributed by atoms with Gasteiger partial charge in [0.25, 0.3) is 0 Å². The monoisotopic (exact) mass is 422 g/mol. The summed E-state index contributed by atoms with van der Waals surface area (Å²) in [5.41, 5.74) is 0. The summed E-state index contributed by atoms with van der Waals surface area (Å²) in [5, 5.41) is 5.45. The van der Waals surface area contributed by atoms with Gasteiger partial charge in [-0.05, 0) is 23.9 Å². The first kappa shape index (κ1) is 15.5. The average molecular weight is 424 g/mol. The van der Waals surface area contributed by atoms with Crippen LogP contribution in [0.15, 0.2) is 60.7 Å². The standard InChI is InChI=1S/C18H20Br2Si/c19-11-15-13-21(14-16(15)12-20,17-7-3-1-4-8-17)18-9-5-2-6-10-18/h1-10,15-16H,11-14H2/t15-,16-/m1/s1. The maximum Gasteiger partial charge on any atom is 0.118 e. The molecule has 2 aromatic carbocycles. The number of halogens is 2. The summed E-state index contributed by atoms with van der Waals surface area (Å²) in [5.74, 6) is 1.58. The van der Waals surface area contributed by atoms with Crippen LogP contribution in [0.3, 0.4) is 0 Å². The minimum Gasteiger partial charge on any atom is -0.0925 e. The molecule has 1 heterocycles. The van der Waals surface area contributed by atoms with Gasteiger partial charge in [-0.25, -0.2) is 0 Å². The van der Waals surface area contributed by atoms with Crippen LogP contribution in [0.5, 0.6) is 0 Å². The van der Waals surface area contributed by atoms with E-state index in [2.05, 4.69) is 92.5 Å². The maximum absolute atomic E-state index is 3.76. The zero-order valence-corrected chi connectivity index (χ0v) is 16.2. The van der Waals surface area contributed by atoms with Crippen LogP contribution < -0.4 is 10.4 Å². The van der Waals surface area contributed by atoms with Crippen molar-refractivity contribution in [1.29, 1.82) is 0 Å². The van der Waals surface area contributed by atoms with Gasteiger partial charge in [-0.1, -0.05) is 103 Å². The molecule has 1 aliphatic rings. The van der Waals surface area contributed by atoms with Gasteiger partial charge in [0.05, 0.1) is 0 Å². The summed E-state index contributed by atoms with van der Waals surface area (Å²) >= 11 is 7.51. The van der Waals surface area contributed by atoms with E-state index >= 15 is 0 Å². The average Bonchev–Trinajstić information content (AvgIpc) is 2.97. The lowest BCUT2D eigenvalue weighted by Crippen LogP contribution is -2.56. The van der Waals surface area contributed by atoms with Crippen LogP contribution >= 0.6 is 31.9 Å². The van der Waals surface area contributed by atoms with Gasteiger partial charge in [-0.3, -0.25) is 0 Å². The van der Waals surface area contributed by atoms with Crippen LogP contribution in [0.2, 0.25) is 12.1 Å². The minimum atomic E-state index is -1.61. The van der Waals surface area contributed by atoms with E-state index in [9.17, 15) is 0 Å². The number of hydrogen-bond donors (Lipinski definition) is 0. The van der Waals surface area contributed by atoms with Gasteiger partial charge in [0.2, 0.25) is 0 Å². The number of hydrogen-bond acceptors (Lipinski definition) is 0. The predicted molar refractivity (Wildman–Crippen MR) is 102 cm³/mol. The molecule has 0 unspecified atom stereocenters. The Balaban J connectivity index is 2.09. The zero-order chi connectivity index (χ0) is 14.7. The summed E-state index contributed by atoms with van der Waals surface area (Å²) in [6.45, 7) is 0. The van der Waals surface area contributed by atoms with Crippen molar-refractivity contribution in [1.82, 2.24) is 0 Å². The van der Waals surface area contributed by atoms with Crippen LogP contribution in [0.4, 0.5) is 0 Å². The van der Waals surface area contributed by atoms with Gasteiger partial charge in [0.1, 0.15) is 8.07 Å². The maximum atomic E-state index is 3.76. The molecule has 0 aliphatic carbocycles. The van der Waals surface area contributed by atoms with Crippen LogP contribution in [0.1, 0.15) is 0 Å². The van der Waals surface area contributed by atoms with E-state index in [0.717, 1.165) is 22.5 Å². The van der Waals surface area contributed by atoms with Gasteiger partial charge in [0, 0.05) is 10.7 Å². The Morgan fingerprint density at radius 2 is 1.10 bits per heavy atom. The zero-order valence-electron chi connectivity index (χ0n) is 12.0. The molecule has 1 saturated heterocycles. The van der Waals surface area contributed by atoms with E-state index in [1.54, 1.807) is 10.4 Å². The Labute approximate surface area is 145 Å². The molecule has 1 fully saturated rings. The Hall–Kier alpha value is -0.383. The van der Waals surface area contributed by atoms with Crippen molar-refractivity contribution in [2.45, 2.75) is 12.1 Å². The Morgan fingerprint density at radius 3 is 1.43 bits per heavy atom. The fraction of sp³-hybridized carbons (Fsp3) is 0.333. The molecule has 3 rings (SSSR count). The highest BCUT2D eigenvalue weighted by Crippen LogP contribution is 2.41. The van der Waals surface area contributed by atoms with Crippen LogP contribution in [0.25, 0.3) is 0 Å². The lowest BCUT2D eigenvalue weighted by atomic mass is 10.0. The highest BCUT2D eigenvalue weighted by molar-refractivity contribution is 9.09. The molecule has 0 nitrogen and oxygen atoms in total. The quantitative estimate of drug-likeness (QED) is 0.508. The third kappa shape index (κ3) is 2.93. The molecule has 110 valence electrons. The summed E-state index contributed by atoms with van der Waals surface area (Å²) in [4.78, 5) is 0. The molecule has 0 saturated carbocycles. The topological polar surface area (TPSA) is 0 Å². The second-order valence-corrected chi connectivity index (χ2v) is 11.5. The molecule has 21 heavy (non-hydrogen) atoms. The normalized spacial score (nSPS) is 24.1. The fourth-order valence-corrected chi connectivity index (χ4v) is 12.0. The van der Waals surface area contributed by atoms with Gasteiger partial charge in [-0.15, -0.1) is 0 Å². The van der Waals surface area contributed by atoms with E-state index in [-0.39, 0.29) is 0 Å². The van der Waals surface area contributed by atoms with Crippen molar-refractivity contribution in [2.24, 2.45) is 11.8 Å². The van der Waals surface area contributed by atoms with E-state index in [0.29, 0.717) is 0 Å². The first-order chi connectivity index (χ1) is 10.3. The first-order valence-corrected chi connectivity index (χ1v) is 12.2. The van der Waals surface area contributed by atoms with Crippen LogP contribution in [-0.4, -0.2) is 18.7 Å². The molecular weight excluding hydrogens is 404 g/mol. The van der Waals surface area contributed by atoms with Crippen molar-refractivity contribution in [3.8, 4) is 0 Å². The van der Waals surface area contributed by atoms with Gasteiger partial charge in [0.15, 0.2) is 0 Å². The molecule has 0 spiro atoms. The summed E-state index contributed by atoms with van der Waals surface area (Å²) in [7, 11) is -1.61. The molecule has 0 radical (unpaired) electrons. The van der Waals surface area contributed by atoms with Crippen LogP contribution in [0, 0.1) is 11.8 Å². The molecule has 0 bridgehead atoms. The molecule has 0 amide bonds. The minimum absolute atomic E-state index is 0.788. The van der Waals surface area contributed by atoms with Crippen molar-refractivity contribution in [3.05, 3.63) is 60.7 Å². The molecular formula is C18H20Br2Si. The van der Waals surface area contributed by atoms with Gasteiger partial charge in [-0.2, -0.15) is 0 Å². The molecule has 2 atom stereocenters. The smallest absolute Gasteiger partial charge is 0.0925 e. The molecule has 1 aliphatic heterocycles. The van der Waals surface area contributed by atoms with E-state index in [1.807, 2.05) is 0 Å². The second kappa shape index (κ2) is 6.80. The van der Waals surface area contributed by atoms with Gasteiger partial charge >= 0.3 is 0 Å². The molecule has 0 aromatic heterocycles. The highest BCUT2D eigenvalue weighted by atomic mass is 79.9. The Kier molecular flexibility index (Phi) is 5.02. The Morgan fingerprint density at radius 1 is 0.714 bits per heavy atom. The number of rotatable bonds is 4. The lowest BCUT2D eigenvalue weighted by molar-refractivity contribution is 0.507. The van der Waals surface area contributed by atoms with Gasteiger partial charge < -0.3 is 0 Å². The van der Waals surface area contributed by atoms with Crippen molar-refractivity contribution >= 4 is 50.3 Å². The summed E-state index contributed by atoms with van der Waals surface area (Å²) in [6.07, 6.45) is 0. The number of benzene rings is 2. The second-order valence-electron chi connectivity index (χ2n) is 6.05. The fourth-order valence-electron chi connectivity index (χ4n) is 3.83. The first-order valence-electron chi connectivity index (χ1n) is 7.53. The van der Waals surface area contributed by atoms with Crippen LogP contribution in [-0.2, 0) is 0 Å². The summed E-state index contributed by atoms with van der Waals surface area (Å²) < 4.78 is 0. The predicted octanol–water partition coefficient (Wildman–Crippen LogP) is 4.29. The summed E-state index contributed by atoms with van der Waals surface area (Å²) in [6, 6.07) is 25.3. The third-order valence-electron chi connectivity index (χ3n) is 4.94. The SMILES string of the molecule is BrC[C@@H]1C[Si](c2ccccc2)(c2ccccc2)C[C@H]1CBr. The molecule has 2 aromatic rings. The van der Waals surface area contributed by atoms with Crippen molar-refractivity contribution < 1.29 is 0 Å². The highest BCUT2D eigenvalue weighted by Gasteiger charge is 2.48. The van der Waals surface area contributed by atoms with E-state index in [1.165, 1.54) is 12.1 Å². The van der Waals surface area contributed by atoms with Crippen molar-refractivity contribution in [3.63, 3.8) is 0 Å². The lowest BCUT2D eigenvalue weighted by Gasteiger charge is -2.28. The number of alkyl halides is 2. The largest absolute Gasteiger partial charge is 0.118 e. The van der Waals surface area contributed by atoms with E-state index in [4.69, 9.17) is 0 Å². The van der Waals surface area contributed by atoms with Crippen molar-refractivity contribution in [2.75, 3.05) is 10.7 Å². The molecule has 0 N–H and O–H groups in total. The third-order valence-corrected chi connectivity index (χ3v) is 11.9. The Bertz CT molecular complexity index is 517.